The Balaban J connectivity index is 1.06. The molecule has 2 aromatic rings. The first kappa shape index (κ1) is 18.9. The molecule has 9 nitrogen and oxygen atoms in total. The number of hydrogen-bond acceptors (Lipinski definition) is 8. The van der Waals surface area contributed by atoms with Crippen molar-refractivity contribution in [1.82, 2.24) is 30.4 Å². The second kappa shape index (κ2) is 6.86. The number of fused-ring (bicyclic) bond motifs is 1. The summed E-state index contributed by atoms with van der Waals surface area (Å²) in [7, 11) is 0. The SMILES string of the molecule is CC1=C(N2CC3C4C[C@@H](NCc5ccc(-n6cnnn6)cc5)CC[C@@]43C2O)COC1=O. The number of benzene rings is 1. The summed E-state index contributed by atoms with van der Waals surface area (Å²) in [5.41, 5.74) is 3.70. The topological polar surface area (TPSA) is 105 Å². The third kappa shape index (κ3) is 2.83. The van der Waals surface area contributed by atoms with E-state index in [1.807, 2.05) is 17.0 Å². The zero-order valence-electron chi connectivity index (χ0n) is 17.4. The van der Waals surface area contributed by atoms with Crippen LogP contribution in [0.1, 0.15) is 31.7 Å². The molecule has 2 aliphatic heterocycles. The van der Waals surface area contributed by atoms with Crippen LogP contribution in [0.5, 0.6) is 0 Å². The molecular weight excluding hydrogens is 396 g/mol. The van der Waals surface area contributed by atoms with Gasteiger partial charge in [0.25, 0.3) is 0 Å². The van der Waals surface area contributed by atoms with Gasteiger partial charge in [0.15, 0.2) is 0 Å². The monoisotopic (exact) mass is 422 g/mol. The third-order valence-corrected chi connectivity index (χ3v) is 7.96. The van der Waals surface area contributed by atoms with Gasteiger partial charge in [-0.25, -0.2) is 9.48 Å². The Morgan fingerprint density at radius 3 is 2.84 bits per heavy atom. The summed E-state index contributed by atoms with van der Waals surface area (Å²) in [5, 5.41) is 26.1. The third-order valence-electron chi connectivity index (χ3n) is 7.96. The fraction of sp³-hybridized carbons (Fsp3) is 0.545. The Kier molecular flexibility index (Phi) is 4.19. The van der Waals surface area contributed by atoms with E-state index < -0.39 is 6.23 Å². The van der Waals surface area contributed by atoms with Crippen LogP contribution in [0, 0.1) is 17.3 Å². The van der Waals surface area contributed by atoms with Crippen molar-refractivity contribution in [3.8, 4) is 5.69 Å². The number of aliphatic hydroxyl groups excluding tert-OH is 1. The number of carbonyl (C=O) groups is 1. The molecule has 2 saturated carbocycles. The van der Waals surface area contributed by atoms with Crippen LogP contribution in [-0.2, 0) is 16.1 Å². The number of aliphatic hydroxyl groups is 1. The van der Waals surface area contributed by atoms with Crippen molar-refractivity contribution < 1.29 is 14.6 Å². The lowest BCUT2D eigenvalue weighted by atomic mass is 9.84. The smallest absolute Gasteiger partial charge is 0.335 e. The van der Waals surface area contributed by atoms with E-state index in [0.717, 1.165) is 43.7 Å². The maximum atomic E-state index is 11.7. The first-order valence-electron chi connectivity index (χ1n) is 10.9. The zero-order valence-corrected chi connectivity index (χ0v) is 17.4. The predicted octanol–water partition coefficient (Wildman–Crippen LogP) is 1.00. The Morgan fingerprint density at radius 1 is 1.29 bits per heavy atom. The van der Waals surface area contributed by atoms with Crippen LogP contribution in [-0.4, -0.2) is 61.6 Å². The average molecular weight is 422 g/mol. The van der Waals surface area contributed by atoms with Crippen LogP contribution in [0.25, 0.3) is 5.69 Å². The largest absolute Gasteiger partial charge is 0.456 e. The molecule has 2 N–H and O–H groups in total. The highest BCUT2D eigenvalue weighted by atomic mass is 16.5. The number of likely N-dealkylation sites (tertiary alicyclic amines) is 1. The number of tetrazole rings is 1. The highest BCUT2D eigenvalue weighted by Gasteiger charge is 2.74. The van der Waals surface area contributed by atoms with E-state index in [1.54, 1.807) is 17.9 Å². The summed E-state index contributed by atoms with van der Waals surface area (Å²) in [5.74, 6) is 0.822. The summed E-state index contributed by atoms with van der Waals surface area (Å²) in [6.07, 6.45) is 4.28. The average Bonchev–Trinajstić information content (AvgIpc) is 3.17. The van der Waals surface area contributed by atoms with Crippen LogP contribution >= 0.6 is 0 Å². The van der Waals surface area contributed by atoms with Crippen LogP contribution in [0.2, 0.25) is 0 Å². The number of piperidine rings is 1. The van der Waals surface area contributed by atoms with E-state index in [2.05, 4.69) is 33.0 Å². The molecule has 1 aromatic heterocycles. The molecular formula is C22H26N6O3. The molecule has 1 spiro atoms. The molecule has 2 aliphatic carbocycles. The zero-order chi connectivity index (χ0) is 21.2. The van der Waals surface area contributed by atoms with Crippen molar-refractivity contribution in [2.75, 3.05) is 13.2 Å². The Bertz CT molecular complexity index is 1040. The molecule has 0 bridgehead atoms. The number of carbonyl (C=O) groups excluding carboxylic acids is 1. The number of ether oxygens (including phenoxy) is 1. The number of rotatable bonds is 5. The molecule has 1 saturated heterocycles. The van der Waals surface area contributed by atoms with E-state index in [4.69, 9.17) is 4.74 Å². The van der Waals surface area contributed by atoms with Gasteiger partial charge in [0.05, 0.1) is 17.0 Å². The van der Waals surface area contributed by atoms with Gasteiger partial charge in [0, 0.05) is 24.5 Å². The lowest BCUT2D eigenvalue weighted by Crippen LogP contribution is -2.43. The Hall–Kier alpha value is -2.78. The molecule has 162 valence electrons. The predicted molar refractivity (Wildman–Crippen MR) is 109 cm³/mol. The summed E-state index contributed by atoms with van der Waals surface area (Å²) >= 11 is 0. The van der Waals surface area contributed by atoms with E-state index in [0.29, 0.717) is 30.1 Å². The van der Waals surface area contributed by atoms with Crippen molar-refractivity contribution in [2.24, 2.45) is 17.3 Å². The van der Waals surface area contributed by atoms with Gasteiger partial charge in [-0.15, -0.1) is 5.10 Å². The van der Waals surface area contributed by atoms with Gasteiger partial charge in [-0.3, -0.25) is 0 Å². The maximum absolute atomic E-state index is 11.7. The van der Waals surface area contributed by atoms with E-state index in [-0.39, 0.29) is 11.4 Å². The van der Waals surface area contributed by atoms with Crippen LogP contribution in [0.15, 0.2) is 41.9 Å². The molecule has 6 rings (SSSR count). The minimum atomic E-state index is -0.498. The summed E-state index contributed by atoms with van der Waals surface area (Å²) < 4.78 is 6.80. The fourth-order valence-electron chi connectivity index (χ4n) is 6.16. The number of cyclic esters (lactones) is 1. The molecule has 3 fully saturated rings. The number of hydrogen-bond donors (Lipinski definition) is 2. The normalized spacial score (nSPS) is 34.0. The van der Waals surface area contributed by atoms with Gasteiger partial charge in [-0.2, -0.15) is 0 Å². The lowest BCUT2D eigenvalue weighted by molar-refractivity contribution is -0.136. The second-order valence-electron chi connectivity index (χ2n) is 9.27. The van der Waals surface area contributed by atoms with Crippen molar-refractivity contribution in [3.63, 3.8) is 0 Å². The second-order valence-corrected chi connectivity index (χ2v) is 9.27. The van der Waals surface area contributed by atoms with E-state index in [1.165, 1.54) is 5.56 Å². The first-order chi connectivity index (χ1) is 15.1. The highest BCUT2D eigenvalue weighted by Crippen LogP contribution is 2.72. The summed E-state index contributed by atoms with van der Waals surface area (Å²) in [6, 6.07) is 8.71. The molecule has 4 aliphatic rings. The molecule has 3 heterocycles. The first-order valence-corrected chi connectivity index (χ1v) is 10.9. The minimum absolute atomic E-state index is 0.00454. The van der Waals surface area contributed by atoms with Crippen LogP contribution in [0.3, 0.4) is 0 Å². The quantitative estimate of drug-likeness (QED) is 0.688. The molecule has 1 aromatic carbocycles. The molecule has 31 heavy (non-hydrogen) atoms. The molecule has 9 heteroatoms. The lowest BCUT2D eigenvalue weighted by Gasteiger charge is -2.36. The van der Waals surface area contributed by atoms with Gasteiger partial charge in [-0.05, 0) is 66.1 Å². The number of esters is 1. The summed E-state index contributed by atoms with van der Waals surface area (Å²) in [4.78, 5) is 13.8. The van der Waals surface area contributed by atoms with E-state index in [9.17, 15) is 9.90 Å². The Morgan fingerprint density at radius 2 is 2.13 bits per heavy atom. The minimum Gasteiger partial charge on any atom is -0.456 e. The molecule has 5 atom stereocenters. The van der Waals surface area contributed by atoms with Crippen molar-refractivity contribution in [2.45, 2.75) is 45.0 Å². The standard InChI is InChI=1S/C22H26N6O3/c1-13-19(11-31-20(13)29)27-10-18-17-8-15(6-7-22(17,18)21(27)30)23-9-14-2-4-16(5-3-14)28-12-24-25-26-28/h2-5,12,15,17-18,21,23,30H,6-11H2,1H3/t15-,17?,18?,21?,22+/m0/s1. The van der Waals surface area contributed by atoms with E-state index >= 15 is 0 Å². The van der Waals surface area contributed by atoms with Gasteiger partial charge in [-0.1, -0.05) is 12.1 Å². The van der Waals surface area contributed by atoms with Gasteiger partial charge < -0.3 is 20.1 Å². The van der Waals surface area contributed by atoms with Crippen LogP contribution < -0.4 is 5.32 Å². The van der Waals surface area contributed by atoms with Crippen LogP contribution in [0.4, 0.5) is 0 Å². The van der Waals surface area contributed by atoms with Gasteiger partial charge in [0.1, 0.15) is 19.2 Å². The van der Waals surface area contributed by atoms with Crippen molar-refractivity contribution >= 4 is 5.97 Å². The highest BCUT2D eigenvalue weighted by molar-refractivity contribution is 5.90. The fourth-order valence-corrected chi connectivity index (χ4v) is 6.16. The number of nitrogens with zero attached hydrogens (tertiary/aromatic N) is 5. The molecule has 0 amide bonds. The molecule has 0 radical (unpaired) electrons. The molecule has 3 unspecified atom stereocenters. The number of nitrogens with one attached hydrogen (secondary N) is 1. The van der Waals surface area contributed by atoms with Gasteiger partial charge >= 0.3 is 5.97 Å². The maximum Gasteiger partial charge on any atom is 0.335 e. The Labute approximate surface area is 180 Å². The van der Waals surface area contributed by atoms with Crippen molar-refractivity contribution in [3.05, 3.63) is 47.4 Å². The summed E-state index contributed by atoms with van der Waals surface area (Å²) in [6.45, 7) is 3.75. The van der Waals surface area contributed by atoms with Gasteiger partial charge in [0.2, 0.25) is 0 Å². The number of aromatic nitrogens is 4. The van der Waals surface area contributed by atoms with Crippen molar-refractivity contribution in [1.29, 1.82) is 0 Å².